The average molecular weight is 1410 g/mol. The van der Waals surface area contributed by atoms with Gasteiger partial charge in [0.2, 0.25) is 0 Å². The lowest BCUT2D eigenvalue weighted by molar-refractivity contribution is -0.132. The summed E-state index contributed by atoms with van der Waals surface area (Å²) in [5.74, 6) is 4.16. The average Bonchev–Trinajstić information content (AvgIpc) is 0.657. The molecule has 0 aliphatic carbocycles. The number of piperazine rings is 2. The maximum atomic E-state index is 12.7. The molecule has 0 saturated carbocycles. The van der Waals surface area contributed by atoms with Crippen molar-refractivity contribution in [1.29, 1.82) is 10.5 Å². The highest BCUT2D eigenvalue weighted by Gasteiger charge is 2.60. The van der Waals surface area contributed by atoms with E-state index in [0.717, 1.165) is 66.9 Å². The molecule has 0 radical (unpaired) electrons. The molecule has 20 heteroatoms. The smallest absolute Gasteiger partial charge is 0.308 e. The number of nitrogens with zero attached hydrogens (tertiary/aromatic N) is 6. The number of phenolic OH excluding ortho intramolecular Hbond substituents is 1. The third-order valence-electron chi connectivity index (χ3n) is 21.6. The number of carbonyl (C=O) groups excluding carboxylic acids is 1. The molecule has 2 N–H and O–H groups in total. The number of esters is 1. The second-order valence-corrected chi connectivity index (χ2v) is 27.4. The first-order chi connectivity index (χ1) is 50.5. The fraction of sp³-hybridized carbons (Fsp3) is 0.369. The Balaban J connectivity index is 0.000000185. The van der Waals surface area contributed by atoms with E-state index in [9.17, 15) is 25.5 Å². The van der Waals surface area contributed by atoms with Gasteiger partial charge in [0.15, 0.2) is 46.0 Å². The Labute approximate surface area is 608 Å². The van der Waals surface area contributed by atoms with Gasteiger partial charge in [0, 0.05) is 69.2 Å². The highest BCUT2D eigenvalue weighted by Crippen LogP contribution is 2.62. The van der Waals surface area contributed by atoms with E-state index in [-0.39, 0.29) is 37.1 Å². The van der Waals surface area contributed by atoms with Crippen LogP contribution in [0.2, 0.25) is 0 Å². The second kappa shape index (κ2) is 30.6. The number of carbonyl (C=O) groups is 1. The Hall–Kier alpha value is -10.3. The first kappa shape index (κ1) is 72.1. The lowest BCUT2D eigenvalue weighted by Gasteiger charge is -2.61. The van der Waals surface area contributed by atoms with Gasteiger partial charge in [-0.25, -0.2) is 0 Å². The van der Waals surface area contributed by atoms with Gasteiger partial charge in [-0.2, -0.15) is 10.5 Å². The molecule has 0 spiro atoms. The van der Waals surface area contributed by atoms with E-state index >= 15 is 0 Å². The molecule has 6 aliphatic heterocycles. The van der Waals surface area contributed by atoms with E-state index in [1.165, 1.54) is 14.0 Å². The molecule has 0 aromatic heterocycles. The number of ether oxygens (including phenoxy) is 11. The van der Waals surface area contributed by atoms with Gasteiger partial charge in [-0.1, -0.05) is 133 Å². The van der Waals surface area contributed by atoms with Gasteiger partial charge < -0.3 is 67.2 Å². The van der Waals surface area contributed by atoms with Crippen LogP contribution in [-0.4, -0.2) is 136 Å². The van der Waals surface area contributed by atoms with Gasteiger partial charge >= 0.3 is 5.97 Å². The molecule has 8 aromatic rings. The van der Waals surface area contributed by atoms with Gasteiger partial charge in [-0.3, -0.25) is 19.5 Å². The normalized spacial score (nSPS) is 21.8. The summed E-state index contributed by atoms with van der Waals surface area (Å²) >= 11 is 0. The van der Waals surface area contributed by atoms with Crippen molar-refractivity contribution in [2.24, 2.45) is 0 Å². The zero-order chi connectivity index (χ0) is 73.4. The van der Waals surface area contributed by atoms with Crippen LogP contribution in [-0.2, 0) is 53.5 Å². The summed E-state index contributed by atoms with van der Waals surface area (Å²) in [5.41, 5.74) is 14.2. The van der Waals surface area contributed by atoms with E-state index < -0.39 is 48.3 Å². The van der Waals surface area contributed by atoms with Crippen molar-refractivity contribution in [3.63, 3.8) is 0 Å². The topological polar surface area (TPSA) is 220 Å². The number of nitriles is 2. The Morgan fingerprint density at radius 3 is 1.43 bits per heavy atom. The van der Waals surface area contributed by atoms with E-state index in [4.69, 9.17) is 52.1 Å². The Morgan fingerprint density at radius 1 is 0.510 bits per heavy atom. The molecule has 104 heavy (non-hydrogen) atoms. The van der Waals surface area contributed by atoms with Gasteiger partial charge in [0.25, 0.3) is 0 Å². The number of likely N-dealkylation sites (N-methyl/N-ethyl adjacent to an activating group) is 2. The molecule has 6 heterocycles. The molecule has 2 fully saturated rings. The molecule has 6 aliphatic rings. The monoisotopic (exact) mass is 1410 g/mol. The predicted molar refractivity (Wildman–Crippen MR) is 391 cm³/mol. The number of rotatable bonds is 21. The van der Waals surface area contributed by atoms with Crippen LogP contribution in [0.25, 0.3) is 6.08 Å². The van der Waals surface area contributed by atoms with Gasteiger partial charge in [-0.05, 0) is 105 Å². The predicted octanol–water partition coefficient (Wildman–Crippen LogP) is 13.3. The fourth-order valence-electron chi connectivity index (χ4n) is 17.1. The molecular formula is C84H90N6O14. The third kappa shape index (κ3) is 12.7. The Morgan fingerprint density at radius 2 is 0.952 bits per heavy atom. The minimum Gasteiger partial charge on any atom is -0.507 e. The van der Waals surface area contributed by atoms with Crippen molar-refractivity contribution in [3.8, 4) is 69.6 Å². The van der Waals surface area contributed by atoms with E-state index in [1.807, 2.05) is 155 Å². The van der Waals surface area contributed by atoms with Crippen molar-refractivity contribution < 1.29 is 67.1 Å². The van der Waals surface area contributed by atoms with Crippen LogP contribution in [0.4, 0.5) is 0 Å². The molecule has 10 atom stereocenters. The lowest BCUT2D eigenvalue weighted by Crippen LogP contribution is -2.69. The van der Waals surface area contributed by atoms with Crippen molar-refractivity contribution in [2.75, 3.05) is 70.0 Å². The first-order valence-electron chi connectivity index (χ1n) is 35.1. The van der Waals surface area contributed by atoms with Crippen LogP contribution in [0.3, 0.4) is 0 Å². The number of aliphatic hydroxyl groups excluding tert-OH is 1. The number of aryl methyl sites for hydroxylation is 2. The Kier molecular flexibility index (Phi) is 21.2. The second-order valence-electron chi connectivity index (χ2n) is 27.4. The maximum absolute atomic E-state index is 12.7. The maximum Gasteiger partial charge on any atom is 0.308 e. The van der Waals surface area contributed by atoms with E-state index in [1.54, 1.807) is 42.5 Å². The van der Waals surface area contributed by atoms with Gasteiger partial charge in [-0.15, -0.1) is 0 Å². The number of hydrogen-bond donors (Lipinski definition) is 2. The van der Waals surface area contributed by atoms with Gasteiger partial charge in [0.1, 0.15) is 42.9 Å². The van der Waals surface area contributed by atoms with Crippen LogP contribution < -0.4 is 42.6 Å². The molecular weight excluding hydrogens is 1320 g/mol. The minimum absolute atomic E-state index is 0.0702. The number of fused-ring (bicyclic) bond motifs is 14. The molecule has 0 amide bonds. The zero-order valence-electron chi connectivity index (χ0n) is 61.2. The van der Waals surface area contributed by atoms with Crippen LogP contribution in [0.15, 0.2) is 139 Å². The molecule has 540 valence electrons. The lowest BCUT2D eigenvalue weighted by atomic mass is 9.70. The minimum atomic E-state index is -1.23. The number of methoxy groups -OCH3 is 6. The number of hydrogen-bond acceptors (Lipinski definition) is 20. The number of aromatic hydroxyl groups is 1. The molecule has 20 nitrogen and oxygen atoms in total. The van der Waals surface area contributed by atoms with E-state index in [0.29, 0.717) is 119 Å². The number of aliphatic hydroxyl groups is 1. The molecule has 2 saturated heterocycles. The van der Waals surface area contributed by atoms with Crippen molar-refractivity contribution in [1.82, 2.24) is 19.6 Å². The van der Waals surface area contributed by atoms with E-state index in [2.05, 4.69) is 50.9 Å². The highest BCUT2D eigenvalue weighted by molar-refractivity contribution is 5.81. The van der Waals surface area contributed by atoms with Crippen LogP contribution in [0.1, 0.15) is 126 Å². The molecule has 4 bridgehead atoms. The zero-order valence-corrected chi connectivity index (χ0v) is 61.2. The van der Waals surface area contributed by atoms with Crippen molar-refractivity contribution in [2.45, 2.75) is 134 Å². The van der Waals surface area contributed by atoms with Crippen LogP contribution >= 0.6 is 0 Å². The fourth-order valence-corrected chi connectivity index (χ4v) is 17.1. The summed E-state index contributed by atoms with van der Waals surface area (Å²) in [6, 6.07) is 45.3. The van der Waals surface area contributed by atoms with Crippen LogP contribution in [0, 0.1) is 50.4 Å². The van der Waals surface area contributed by atoms with Crippen LogP contribution in [0.5, 0.6) is 57.5 Å². The SMILES string of the molecule is COc1c(C)cc2c(c1OCc1ccccc1)[C@@H]1C3=Cc4c(OC(C)=O)c(C)c(OC)c(OC)c4[C@H](COCc4ccccc4)N3[C@@H](C#N)[C@H](C2)N1C.COc1c(C)cc2c(c1OCc1ccccc1)[C@@H]1[C@H]3C(O)c4c(O)c(C)c(OC)c(OC)c4[C@H](COCc4ccccc4)N3[C@@H](C#N)[C@H](C2)N1C. The largest absolute Gasteiger partial charge is 0.507 e. The van der Waals surface area contributed by atoms with Crippen molar-refractivity contribution in [3.05, 3.63) is 228 Å². The van der Waals surface area contributed by atoms with Gasteiger partial charge in [0.05, 0.1) is 111 Å². The quantitative estimate of drug-likeness (QED) is 0.0504. The number of benzene rings is 8. The van der Waals surface area contributed by atoms with Crippen molar-refractivity contribution >= 4 is 12.0 Å². The highest BCUT2D eigenvalue weighted by atomic mass is 16.5. The third-order valence-corrected chi connectivity index (χ3v) is 21.6. The summed E-state index contributed by atoms with van der Waals surface area (Å²) in [6.45, 7) is 10.8. The summed E-state index contributed by atoms with van der Waals surface area (Å²) in [6.07, 6.45) is 2.01. The summed E-state index contributed by atoms with van der Waals surface area (Å²) in [4.78, 5) is 21.4. The molecule has 14 rings (SSSR count). The summed E-state index contributed by atoms with van der Waals surface area (Å²) < 4.78 is 68.3. The summed E-state index contributed by atoms with van der Waals surface area (Å²) in [5, 5.41) is 46.6. The molecule has 8 aromatic carbocycles. The molecule has 1 unspecified atom stereocenters. The number of phenols is 1. The Bertz CT molecular complexity index is 4620. The first-order valence-corrected chi connectivity index (χ1v) is 35.1. The summed E-state index contributed by atoms with van der Waals surface area (Å²) in [7, 11) is 13.6. The standard InChI is InChI=1S/C43H45N3O7.C41H45N3O7/c1-25-18-30-19-32-34(21-44)46-33(38(45(32)4)36(30)43(39(25)48-5)52-23-29-16-12-9-13-17-29)20-31-37(35(46)24-51-22-28-14-10-8-11-15-28)42(50-7)41(49-6)26(2)40(31)53-27(3)47;1-23-17-27-18-28-29(19-42)44-30(22-50-20-25-13-9-7-10-14-25)32-33(36(45)24(2)39(48-5)40(32)49-6)37(46)35(44)34(43(28)3)31(27)41(38(23)47-4)51-21-26-15-11-8-12-16-26/h8-18,20,32,34-35,38H,19,22-24H2,1-7H3;7-17,28-30,34-35,37,45-46H,18,20-22H2,1-6H3/t32-,34-,35-,38-;28-,29-,30-,34+,35-,37?/m00/s1.